The van der Waals surface area contributed by atoms with E-state index in [1.54, 1.807) is 0 Å². The molecule has 0 fully saturated rings. The number of amides is 1. The molecule has 0 aliphatic heterocycles. The third-order valence-electron chi connectivity index (χ3n) is 2.34. The smallest absolute Gasteiger partial charge is 0.381 e. The molecule has 1 aromatic carbocycles. The van der Waals surface area contributed by atoms with Gasteiger partial charge >= 0.3 is 6.18 Å². The van der Waals surface area contributed by atoms with Gasteiger partial charge in [-0.2, -0.15) is 13.2 Å². The Balaban J connectivity index is 2.04. The first-order valence-corrected chi connectivity index (χ1v) is 5.47. The van der Waals surface area contributed by atoms with Gasteiger partial charge in [0, 0.05) is 5.69 Å². The lowest BCUT2D eigenvalue weighted by molar-refractivity contribution is -0.137. The van der Waals surface area contributed by atoms with Crippen molar-refractivity contribution in [1.29, 1.82) is 0 Å². The minimum atomic E-state index is -4.46. The molecule has 9 heteroatoms. The van der Waals surface area contributed by atoms with Gasteiger partial charge in [0.1, 0.15) is 6.54 Å². The maximum absolute atomic E-state index is 12.5. The number of alkyl halides is 3. The molecule has 0 atom stereocenters. The van der Waals surface area contributed by atoms with Crippen molar-refractivity contribution >= 4 is 17.4 Å². The summed E-state index contributed by atoms with van der Waals surface area (Å²) in [5.74, 6) is -0.383. The van der Waals surface area contributed by atoms with E-state index in [9.17, 15) is 18.0 Å². The fourth-order valence-corrected chi connectivity index (χ4v) is 1.51. The van der Waals surface area contributed by atoms with Gasteiger partial charge in [0.05, 0.1) is 11.8 Å². The van der Waals surface area contributed by atoms with E-state index >= 15 is 0 Å². The summed E-state index contributed by atoms with van der Waals surface area (Å²) in [6, 6.07) is 4.36. The predicted molar refractivity (Wildman–Crippen MR) is 64.5 cm³/mol. The number of rotatable bonds is 3. The number of carbonyl (C=O) groups excluding carboxylic acids is 1. The number of anilines is 2. The van der Waals surface area contributed by atoms with Crippen molar-refractivity contribution in [1.82, 2.24) is 15.0 Å². The average Bonchev–Trinajstić information content (AvgIpc) is 2.73. The normalized spacial score (nSPS) is 11.3. The van der Waals surface area contributed by atoms with Crippen LogP contribution in [0.5, 0.6) is 0 Å². The van der Waals surface area contributed by atoms with Gasteiger partial charge in [0.25, 0.3) is 0 Å². The second-order valence-corrected chi connectivity index (χ2v) is 3.97. The maximum Gasteiger partial charge on any atom is 0.416 e. The molecular weight excluding hydrogens is 275 g/mol. The highest BCUT2D eigenvalue weighted by Crippen LogP contribution is 2.30. The van der Waals surface area contributed by atoms with Crippen molar-refractivity contribution in [3.05, 3.63) is 36.0 Å². The summed E-state index contributed by atoms with van der Waals surface area (Å²) in [5.41, 5.74) is 4.54. The van der Waals surface area contributed by atoms with E-state index in [1.165, 1.54) is 23.0 Å². The van der Waals surface area contributed by atoms with Crippen LogP contribution in [0.1, 0.15) is 5.56 Å². The molecule has 0 saturated heterocycles. The number of halogens is 3. The molecule has 1 amide bonds. The zero-order valence-electron chi connectivity index (χ0n) is 10.1. The lowest BCUT2D eigenvalue weighted by Gasteiger charge is -2.09. The lowest BCUT2D eigenvalue weighted by atomic mass is 10.2. The van der Waals surface area contributed by atoms with Gasteiger partial charge in [-0.3, -0.25) is 4.79 Å². The highest BCUT2D eigenvalue weighted by Gasteiger charge is 2.30. The number of hydrogen-bond donors (Lipinski definition) is 2. The summed E-state index contributed by atoms with van der Waals surface area (Å²) in [6.45, 7) is -0.194. The Bertz CT molecular complexity index is 623. The summed E-state index contributed by atoms with van der Waals surface area (Å²) < 4.78 is 38.7. The highest BCUT2D eigenvalue weighted by atomic mass is 19.4. The van der Waals surface area contributed by atoms with Gasteiger partial charge in [0.15, 0.2) is 5.82 Å². The molecule has 0 bridgehead atoms. The van der Waals surface area contributed by atoms with Crippen molar-refractivity contribution in [3.8, 4) is 0 Å². The molecule has 2 rings (SSSR count). The van der Waals surface area contributed by atoms with E-state index < -0.39 is 17.6 Å². The van der Waals surface area contributed by atoms with Crippen LogP contribution in [0.15, 0.2) is 30.5 Å². The van der Waals surface area contributed by atoms with Gasteiger partial charge in [-0.05, 0) is 18.2 Å². The molecule has 2 aromatic rings. The number of benzene rings is 1. The van der Waals surface area contributed by atoms with Gasteiger partial charge in [-0.25, -0.2) is 4.68 Å². The van der Waals surface area contributed by atoms with Crippen molar-refractivity contribution in [2.24, 2.45) is 0 Å². The number of nitrogen functional groups attached to an aromatic ring is 1. The SMILES string of the molecule is Nc1cn(CC(=O)Nc2cccc(C(F)(F)F)c2)nn1. The molecule has 0 saturated carbocycles. The van der Waals surface area contributed by atoms with E-state index in [4.69, 9.17) is 5.73 Å². The van der Waals surface area contributed by atoms with Crippen LogP contribution in [-0.2, 0) is 17.5 Å². The van der Waals surface area contributed by atoms with Gasteiger partial charge in [-0.15, -0.1) is 5.10 Å². The highest BCUT2D eigenvalue weighted by molar-refractivity contribution is 5.90. The van der Waals surface area contributed by atoms with Gasteiger partial charge in [-0.1, -0.05) is 11.3 Å². The summed E-state index contributed by atoms with van der Waals surface area (Å²) in [6.07, 6.45) is -3.12. The molecule has 106 valence electrons. The second kappa shape index (κ2) is 5.19. The number of nitrogens with zero attached hydrogens (tertiary/aromatic N) is 3. The van der Waals surface area contributed by atoms with Crippen LogP contribution in [0.25, 0.3) is 0 Å². The van der Waals surface area contributed by atoms with Crippen molar-refractivity contribution in [3.63, 3.8) is 0 Å². The monoisotopic (exact) mass is 285 g/mol. The molecule has 0 spiro atoms. The minimum absolute atomic E-state index is 0.0536. The molecule has 20 heavy (non-hydrogen) atoms. The molecule has 1 aromatic heterocycles. The Kier molecular flexibility index (Phi) is 3.59. The number of aromatic nitrogens is 3. The third kappa shape index (κ3) is 3.46. The van der Waals surface area contributed by atoms with Crippen LogP contribution in [0, 0.1) is 0 Å². The first-order chi connectivity index (χ1) is 9.34. The molecule has 0 aliphatic carbocycles. The Morgan fingerprint density at radius 3 is 2.75 bits per heavy atom. The molecule has 0 radical (unpaired) electrons. The van der Waals surface area contributed by atoms with E-state index in [2.05, 4.69) is 15.6 Å². The van der Waals surface area contributed by atoms with Gasteiger partial charge < -0.3 is 11.1 Å². The molecule has 3 N–H and O–H groups in total. The standard InChI is InChI=1S/C11H10F3N5O/c12-11(13,14)7-2-1-3-8(4-7)16-10(20)6-19-5-9(15)17-18-19/h1-5H,6,15H2,(H,16,20). The largest absolute Gasteiger partial charge is 0.416 e. The van der Waals surface area contributed by atoms with Gasteiger partial charge in [0.2, 0.25) is 5.91 Å². The number of carbonyl (C=O) groups is 1. The molecule has 0 aliphatic rings. The summed E-state index contributed by atoms with van der Waals surface area (Å²) in [4.78, 5) is 11.6. The zero-order chi connectivity index (χ0) is 14.8. The first kappa shape index (κ1) is 13.8. The lowest BCUT2D eigenvalue weighted by Crippen LogP contribution is -2.19. The van der Waals surface area contributed by atoms with Crippen LogP contribution in [-0.4, -0.2) is 20.9 Å². The number of hydrogen-bond acceptors (Lipinski definition) is 4. The molecular formula is C11H10F3N5O. The predicted octanol–water partition coefficient (Wildman–Crippen LogP) is 1.52. The minimum Gasteiger partial charge on any atom is -0.381 e. The topological polar surface area (TPSA) is 85.8 Å². The third-order valence-corrected chi connectivity index (χ3v) is 2.34. The van der Waals surface area contributed by atoms with E-state index in [1.807, 2.05) is 0 Å². The second-order valence-electron chi connectivity index (χ2n) is 3.97. The Labute approximate surface area is 111 Å². The molecule has 0 unspecified atom stereocenters. The summed E-state index contributed by atoms with van der Waals surface area (Å²) in [5, 5.41) is 9.38. The zero-order valence-corrected chi connectivity index (χ0v) is 10.1. The van der Waals surface area contributed by atoms with Crippen molar-refractivity contribution in [2.45, 2.75) is 12.7 Å². The van der Waals surface area contributed by atoms with E-state index in [0.717, 1.165) is 12.1 Å². The van der Waals surface area contributed by atoms with Crippen LogP contribution < -0.4 is 11.1 Å². The Morgan fingerprint density at radius 1 is 1.40 bits per heavy atom. The Morgan fingerprint density at radius 2 is 2.15 bits per heavy atom. The first-order valence-electron chi connectivity index (χ1n) is 5.47. The summed E-state index contributed by atoms with van der Waals surface area (Å²) in [7, 11) is 0. The van der Waals surface area contributed by atoms with Crippen LogP contribution in [0.2, 0.25) is 0 Å². The number of nitrogens with two attached hydrogens (primary N) is 1. The van der Waals surface area contributed by atoms with Crippen molar-refractivity contribution in [2.75, 3.05) is 11.1 Å². The Hall–Kier alpha value is -2.58. The van der Waals surface area contributed by atoms with E-state index in [-0.39, 0.29) is 18.1 Å². The van der Waals surface area contributed by atoms with E-state index in [0.29, 0.717) is 0 Å². The maximum atomic E-state index is 12.5. The van der Waals surface area contributed by atoms with Crippen LogP contribution >= 0.6 is 0 Å². The molecule has 1 heterocycles. The quantitative estimate of drug-likeness (QED) is 0.895. The summed E-state index contributed by atoms with van der Waals surface area (Å²) >= 11 is 0. The van der Waals surface area contributed by atoms with Crippen LogP contribution in [0.3, 0.4) is 0 Å². The number of nitrogens with one attached hydrogen (secondary N) is 1. The van der Waals surface area contributed by atoms with Crippen molar-refractivity contribution < 1.29 is 18.0 Å². The average molecular weight is 285 g/mol. The molecule has 6 nitrogen and oxygen atoms in total. The van der Waals surface area contributed by atoms with Crippen LogP contribution in [0.4, 0.5) is 24.7 Å². The fraction of sp³-hybridized carbons (Fsp3) is 0.182. The fourth-order valence-electron chi connectivity index (χ4n) is 1.51.